The standard InChI is InChI=1S/C29H43NO4/c1-25(2,3)26(4,32)20-15-27-10-11-29(20,33-5)24-28(27)12-13-30(16-17-6-7-17)21(27)14-18-8-9-19(31)23(34-24)22(18)28/h17,20-21,24,31-32H,6-16H2,1-5H3/t20-,21?,24-,26?,27-,28+,29-/m1/s1. The molecule has 8 rings (SSSR count). The molecule has 4 saturated carbocycles. The number of hydrogen-bond acceptors (Lipinski definition) is 5. The Bertz CT molecular complexity index is 1000. The maximum absolute atomic E-state index is 12.2. The van der Waals surface area contributed by atoms with Gasteiger partial charge in [-0.2, -0.15) is 0 Å². The zero-order chi connectivity index (χ0) is 23.9. The van der Waals surface area contributed by atoms with Gasteiger partial charge in [0.1, 0.15) is 17.5 Å². The van der Waals surface area contributed by atoms with Crippen molar-refractivity contribution < 1.29 is 19.7 Å². The van der Waals surface area contributed by atoms with Crippen molar-refractivity contribution in [3.63, 3.8) is 0 Å². The highest BCUT2D eigenvalue weighted by atomic mass is 16.6. The molecule has 34 heavy (non-hydrogen) atoms. The number of aliphatic hydroxyl groups excluding tert-OH is 1. The minimum Gasteiger partial charge on any atom is -0.508 e. The van der Waals surface area contributed by atoms with Crippen LogP contribution in [0, 0.1) is 28.1 Å². The Kier molecular flexibility index (Phi) is 4.20. The third kappa shape index (κ3) is 2.30. The average molecular weight is 470 g/mol. The molecule has 4 bridgehead atoms. The maximum Gasteiger partial charge on any atom is 0.161 e. The molecule has 188 valence electrons. The molecular formula is C29H43NO4. The number of allylic oxidation sites excluding steroid dienone is 2. The molecule has 5 nitrogen and oxygen atoms in total. The number of piperidine rings is 1. The van der Waals surface area contributed by atoms with Crippen LogP contribution in [0.15, 0.2) is 22.7 Å². The lowest BCUT2D eigenvalue weighted by atomic mass is 9.33. The minimum atomic E-state index is -0.893. The normalized spacial score (nSPS) is 46.9. The van der Waals surface area contributed by atoms with E-state index in [1.54, 1.807) is 5.57 Å². The maximum atomic E-state index is 12.2. The number of fused-ring (bicyclic) bond motifs is 2. The predicted molar refractivity (Wildman–Crippen MR) is 130 cm³/mol. The van der Waals surface area contributed by atoms with Gasteiger partial charge in [-0.3, -0.25) is 4.90 Å². The fraction of sp³-hybridized carbons (Fsp3) is 0.862. The fourth-order valence-corrected chi connectivity index (χ4v) is 9.88. The van der Waals surface area contributed by atoms with Gasteiger partial charge in [-0.05, 0) is 76.2 Å². The Morgan fingerprint density at radius 2 is 1.88 bits per heavy atom. The van der Waals surface area contributed by atoms with Crippen molar-refractivity contribution in [2.24, 2.45) is 28.1 Å². The van der Waals surface area contributed by atoms with E-state index in [1.165, 1.54) is 25.0 Å². The monoisotopic (exact) mass is 469 g/mol. The number of rotatable bonds is 4. The molecule has 6 aliphatic carbocycles. The molecule has 0 aromatic heterocycles. The van der Waals surface area contributed by atoms with E-state index in [1.807, 2.05) is 14.0 Å². The molecule has 7 atom stereocenters. The van der Waals surface area contributed by atoms with Crippen molar-refractivity contribution in [2.75, 3.05) is 20.2 Å². The van der Waals surface area contributed by atoms with Crippen molar-refractivity contribution in [1.82, 2.24) is 4.90 Å². The molecule has 2 aliphatic heterocycles. The smallest absolute Gasteiger partial charge is 0.161 e. The first-order valence-corrected chi connectivity index (χ1v) is 13.8. The highest BCUT2D eigenvalue weighted by molar-refractivity contribution is 5.55. The zero-order valence-corrected chi connectivity index (χ0v) is 21.7. The van der Waals surface area contributed by atoms with E-state index in [9.17, 15) is 10.2 Å². The van der Waals surface area contributed by atoms with Crippen LogP contribution in [0.25, 0.3) is 0 Å². The summed E-state index contributed by atoms with van der Waals surface area (Å²) in [6, 6.07) is 0.514. The lowest BCUT2D eigenvalue weighted by Crippen LogP contribution is -2.81. The molecule has 6 fully saturated rings. The van der Waals surface area contributed by atoms with Gasteiger partial charge >= 0.3 is 0 Å². The average Bonchev–Trinajstić information content (AvgIpc) is 3.53. The second kappa shape index (κ2) is 6.44. The lowest BCUT2D eigenvalue weighted by Gasteiger charge is -2.75. The van der Waals surface area contributed by atoms with Crippen LogP contribution >= 0.6 is 0 Å². The van der Waals surface area contributed by atoms with Crippen LogP contribution in [0.3, 0.4) is 0 Å². The summed E-state index contributed by atoms with van der Waals surface area (Å²) >= 11 is 0. The van der Waals surface area contributed by atoms with Crippen LogP contribution in [-0.2, 0) is 9.47 Å². The lowest BCUT2D eigenvalue weighted by molar-refractivity contribution is -0.327. The van der Waals surface area contributed by atoms with E-state index in [0.717, 1.165) is 56.7 Å². The Labute approximate surface area is 204 Å². The molecule has 2 N–H and O–H groups in total. The van der Waals surface area contributed by atoms with Crippen molar-refractivity contribution in [2.45, 2.75) is 109 Å². The van der Waals surface area contributed by atoms with E-state index in [0.29, 0.717) is 18.2 Å². The number of hydrogen-bond donors (Lipinski definition) is 2. The van der Waals surface area contributed by atoms with Crippen LogP contribution < -0.4 is 0 Å². The number of ether oxygens (including phenoxy) is 2. The van der Waals surface area contributed by atoms with Crippen molar-refractivity contribution in [3.8, 4) is 0 Å². The third-order valence-electron chi connectivity index (χ3n) is 12.2. The zero-order valence-electron chi connectivity index (χ0n) is 21.7. The van der Waals surface area contributed by atoms with E-state index < -0.39 is 11.2 Å². The predicted octanol–water partition coefficient (Wildman–Crippen LogP) is 5.10. The van der Waals surface area contributed by atoms with Gasteiger partial charge in [0.05, 0.1) is 5.60 Å². The van der Waals surface area contributed by atoms with E-state index in [-0.39, 0.29) is 28.3 Å². The molecule has 0 amide bonds. The van der Waals surface area contributed by atoms with Crippen LogP contribution in [0.1, 0.15) is 85.5 Å². The second-order valence-corrected chi connectivity index (χ2v) is 14.1. The van der Waals surface area contributed by atoms with E-state index >= 15 is 0 Å². The molecule has 8 aliphatic rings. The number of likely N-dealkylation sites (tertiary alicyclic amines) is 1. The number of aliphatic hydroxyl groups is 2. The Morgan fingerprint density at radius 3 is 2.56 bits per heavy atom. The summed E-state index contributed by atoms with van der Waals surface area (Å²) in [5.41, 5.74) is 1.19. The minimum absolute atomic E-state index is 0.00899. The molecule has 0 radical (unpaired) electrons. The molecule has 2 saturated heterocycles. The number of methoxy groups -OCH3 is 1. The first-order valence-electron chi connectivity index (χ1n) is 13.8. The van der Waals surface area contributed by atoms with Crippen LogP contribution in [0.4, 0.5) is 0 Å². The highest BCUT2D eigenvalue weighted by Crippen LogP contribution is 2.80. The topological polar surface area (TPSA) is 62.2 Å². The summed E-state index contributed by atoms with van der Waals surface area (Å²) in [7, 11) is 1.85. The van der Waals surface area contributed by atoms with E-state index in [4.69, 9.17) is 9.47 Å². The van der Waals surface area contributed by atoms with Gasteiger partial charge in [0.25, 0.3) is 0 Å². The molecule has 2 unspecified atom stereocenters. The first-order chi connectivity index (χ1) is 16.0. The van der Waals surface area contributed by atoms with Gasteiger partial charge in [-0.1, -0.05) is 26.3 Å². The van der Waals surface area contributed by atoms with Crippen molar-refractivity contribution >= 4 is 0 Å². The summed E-state index contributed by atoms with van der Waals surface area (Å²) in [5, 5.41) is 23.3. The molecule has 0 aromatic carbocycles. The van der Waals surface area contributed by atoms with Crippen molar-refractivity contribution in [1.29, 1.82) is 0 Å². The molecule has 5 heteroatoms. The Morgan fingerprint density at radius 1 is 1.12 bits per heavy atom. The summed E-state index contributed by atoms with van der Waals surface area (Å²) < 4.78 is 13.5. The Hall–Kier alpha value is -1.04. The molecule has 0 aromatic rings. The summed E-state index contributed by atoms with van der Waals surface area (Å²) in [6.07, 6.45) is 9.56. The van der Waals surface area contributed by atoms with Gasteiger partial charge in [-0.25, -0.2) is 0 Å². The first kappa shape index (κ1) is 22.2. The van der Waals surface area contributed by atoms with Crippen LogP contribution in [0.2, 0.25) is 0 Å². The second-order valence-electron chi connectivity index (χ2n) is 14.1. The number of nitrogens with zero attached hydrogens (tertiary/aromatic N) is 1. The van der Waals surface area contributed by atoms with Crippen molar-refractivity contribution in [3.05, 3.63) is 22.7 Å². The van der Waals surface area contributed by atoms with Gasteiger partial charge in [-0.15, -0.1) is 0 Å². The van der Waals surface area contributed by atoms with Crippen LogP contribution in [-0.4, -0.2) is 58.7 Å². The largest absolute Gasteiger partial charge is 0.508 e. The Balaban J connectivity index is 1.46. The third-order valence-corrected chi connectivity index (χ3v) is 12.2. The quantitative estimate of drug-likeness (QED) is 0.600. The summed E-state index contributed by atoms with van der Waals surface area (Å²) in [4.78, 5) is 2.86. The van der Waals surface area contributed by atoms with Gasteiger partial charge in [0, 0.05) is 48.4 Å². The van der Waals surface area contributed by atoms with Crippen LogP contribution in [0.5, 0.6) is 0 Å². The summed E-state index contributed by atoms with van der Waals surface area (Å²) in [5.74, 6) is 2.11. The molecule has 2 spiro atoms. The molecule has 2 heterocycles. The highest BCUT2D eigenvalue weighted by Gasteiger charge is 2.83. The van der Waals surface area contributed by atoms with Gasteiger partial charge in [0.15, 0.2) is 5.76 Å². The molecular weight excluding hydrogens is 426 g/mol. The van der Waals surface area contributed by atoms with E-state index in [2.05, 4.69) is 25.7 Å². The summed E-state index contributed by atoms with van der Waals surface area (Å²) in [6.45, 7) is 10.9. The van der Waals surface area contributed by atoms with Gasteiger partial charge in [0.2, 0.25) is 0 Å². The SMILES string of the molecule is CO[C@]12CC[C@@]3(C[C@@H]1C(C)(O)C(C)(C)C)C1CC4=C5C(=C(O)CC4)O[C@@H]2[C@]53CCN1CC1CC1. The van der Waals surface area contributed by atoms with Gasteiger partial charge < -0.3 is 19.7 Å². The fourth-order valence-electron chi connectivity index (χ4n) is 9.88.